The van der Waals surface area contributed by atoms with Gasteiger partial charge < -0.3 is 4.74 Å². The summed E-state index contributed by atoms with van der Waals surface area (Å²) in [5.41, 5.74) is 4.29. The van der Waals surface area contributed by atoms with Crippen LogP contribution in [0, 0.1) is 0 Å². The second-order valence-electron chi connectivity index (χ2n) is 8.04. The highest BCUT2D eigenvalue weighted by Crippen LogP contribution is 2.46. The molecular formula is C22H24N4O3S. The lowest BCUT2D eigenvalue weighted by Crippen LogP contribution is -2.02. The average molecular weight is 425 g/mol. The van der Waals surface area contributed by atoms with Crippen LogP contribution in [0.5, 0.6) is 5.75 Å². The summed E-state index contributed by atoms with van der Waals surface area (Å²) in [7, 11) is -3.17. The Hall–Kier alpha value is -2.87. The molecule has 0 spiro atoms. The molecule has 0 amide bonds. The highest BCUT2D eigenvalue weighted by Gasteiger charge is 2.30. The number of nitrogens with zero attached hydrogens (tertiary/aromatic N) is 3. The van der Waals surface area contributed by atoms with Crippen molar-refractivity contribution in [1.29, 1.82) is 0 Å². The number of pyridine rings is 1. The number of rotatable bonds is 5. The fourth-order valence-electron chi connectivity index (χ4n) is 4.68. The number of aromatic nitrogens is 4. The largest absolute Gasteiger partial charge is 0.492 e. The lowest BCUT2D eigenvalue weighted by molar-refractivity contribution is 0.337. The van der Waals surface area contributed by atoms with Gasteiger partial charge in [0, 0.05) is 6.26 Å². The maximum absolute atomic E-state index is 11.7. The van der Waals surface area contributed by atoms with Crippen LogP contribution < -0.4 is 4.74 Å². The van der Waals surface area contributed by atoms with Crippen molar-refractivity contribution >= 4 is 26.4 Å². The highest BCUT2D eigenvalue weighted by molar-refractivity contribution is 7.90. The Morgan fingerprint density at radius 2 is 1.97 bits per heavy atom. The number of ether oxygens (including phenoxy) is 1. The Bertz CT molecular complexity index is 1320. The molecule has 0 saturated heterocycles. The van der Waals surface area contributed by atoms with E-state index in [1.165, 1.54) is 17.4 Å². The summed E-state index contributed by atoms with van der Waals surface area (Å²) in [5, 5.41) is 12.7. The first-order valence-corrected chi connectivity index (χ1v) is 12.1. The highest BCUT2D eigenvalue weighted by atomic mass is 32.2. The first-order valence-electron chi connectivity index (χ1n) is 10.2. The molecule has 2 unspecified atom stereocenters. The summed E-state index contributed by atoms with van der Waals surface area (Å²) >= 11 is 0. The third-order valence-corrected chi connectivity index (χ3v) is 7.22. The Labute approximate surface area is 175 Å². The lowest BCUT2D eigenvalue weighted by atomic mass is 9.92. The number of hydrogen-bond donors (Lipinski definition) is 1. The summed E-state index contributed by atoms with van der Waals surface area (Å²) in [6, 6.07) is 9.51. The molecule has 3 aromatic heterocycles. The number of H-pyrrole nitrogens is 1. The molecule has 5 rings (SSSR count). The van der Waals surface area contributed by atoms with E-state index < -0.39 is 9.84 Å². The zero-order valence-corrected chi connectivity index (χ0v) is 17.8. The normalized spacial score (nSPS) is 19.7. The minimum absolute atomic E-state index is 0.369. The van der Waals surface area contributed by atoms with Crippen LogP contribution in [0.15, 0.2) is 47.6 Å². The summed E-state index contributed by atoms with van der Waals surface area (Å²) in [4.78, 5) is 0.369. The molecule has 8 heteroatoms. The van der Waals surface area contributed by atoms with E-state index in [2.05, 4.69) is 21.4 Å². The molecule has 30 heavy (non-hydrogen) atoms. The molecular weight excluding hydrogens is 400 g/mol. The van der Waals surface area contributed by atoms with Crippen molar-refractivity contribution in [2.75, 3.05) is 12.9 Å². The number of nitrogens with one attached hydrogen (secondary N) is 1. The number of aromatic amines is 1. The van der Waals surface area contributed by atoms with Crippen molar-refractivity contribution in [3.8, 4) is 5.75 Å². The van der Waals surface area contributed by atoms with Gasteiger partial charge in [-0.3, -0.25) is 5.10 Å². The molecule has 1 aliphatic rings. The number of sulfone groups is 1. The Kier molecular flexibility index (Phi) is 4.54. The van der Waals surface area contributed by atoms with E-state index in [0.717, 1.165) is 41.6 Å². The van der Waals surface area contributed by atoms with Crippen LogP contribution in [0.25, 0.3) is 16.6 Å². The van der Waals surface area contributed by atoms with Crippen LogP contribution in [0.2, 0.25) is 0 Å². The molecule has 1 fully saturated rings. The summed E-state index contributed by atoms with van der Waals surface area (Å²) in [6.07, 6.45) is 8.13. The fraction of sp³-hybridized carbons (Fsp3) is 0.364. The molecule has 1 saturated carbocycles. The molecule has 0 bridgehead atoms. The van der Waals surface area contributed by atoms with Crippen molar-refractivity contribution < 1.29 is 13.2 Å². The second kappa shape index (κ2) is 7.12. The number of hydrogen-bond acceptors (Lipinski definition) is 5. The standard InChI is InChI=1S/C22H24N4O3S/c1-3-29-17-11-19(21-20-12-23-24-22(20)25-26(21)13-17)16-5-4-15(10-16)14-6-8-18(9-7-14)30(2,27)28/h6-9,11-13,15-16H,3-5,10H2,1-2H3,(H,24,25). The summed E-state index contributed by atoms with van der Waals surface area (Å²) in [5.74, 6) is 1.60. The predicted octanol–water partition coefficient (Wildman–Crippen LogP) is 4.06. The smallest absolute Gasteiger partial charge is 0.178 e. The van der Waals surface area contributed by atoms with E-state index in [1.807, 2.05) is 36.0 Å². The second-order valence-corrected chi connectivity index (χ2v) is 10.1. The van der Waals surface area contributed by atoms with E-state index in [0.29, 0.717) is 23.3 Å². The van der Waals surface area contributed by atoms with Crippen LogP contribution in [-0.2, 0) is 9.84 Å². The van der Waals surface area contributed by atoms with E-state index in [9.17, 15) is 8.42 Å². The summed E-state index contributed by atoms with van der Waals surface area (Å²) < 4.78 is 31.2. The van der Waals surface area contributed by atoms with Gasteiger partial charge in [0.15, 0.2) is 15.5 Å². The molecule has 2 atom stereocenters. The average Bonchev–Trinajstić information content (AvgIpc) is 3.43. The van der Waals surface area contributed by atoms with Gasteiger partial charge in [0.1, 0.15) is 5.75 Å². The van der Waals surface area contributed by atoms with E-state index in [1.54, 1.807) is 12.1 Å². The monoisotopic (exact) mass is 424 g/mol. The van der Waals surface area contributed by atoms with Crippen LogP contribution >= 0.6 is 0 Å². The fourth-order valence-corrected chi connectivity index (χ4v) is 5.31. The molecule has 7 nitrogen and oxygen atoms in total. The van der Waals surface area contributed by atoms with E-state index >= 15 is 0 Å². The third-order valence-electron chi connectivity index (χ3n) is 6.10. The minimum Gasteiger partial charge on any atom is -0.492 e. The summed E-state index contributed by atoms with van der Waals surface area (Å²) in [6.45, 7) is 2.58. The minimum atomic E-state index is -3.17. The van der Waals surface area contributed by atoms with Gasteiger partial charge in [0.25, 0.3) is 0 Å². The lowest BCUT2D eigenvalue weighted by Gasteiger charge is -2.16. The number of benzene rings is 1. The zero-order valence-electron chi connectivity index (χ0n) is 17.0. The number of fused-ring (bicyclic) bond motifs is 3. The molecule has 3 heterocycles. The van der Waals surface area contributed by atoms with Gasteiger partial charge in [-0.1, -0.05) is 12.1 Å². The van der Waals surface area contributed by atoms with Crippen molar-refractivity contribution in [3.05, 3.63) is 53.9 Å². The third kappa shape index (κ3) is 3.25. The molecule has 0 aliphatic heterocycles. The topological polar surface area (TPSA) is 89.4 Å². The molecule has 1 aromatic carbocycles. The maximum atomic E-state index is 11.7. The maximum Gasteiger partial charge on any atom is 0.178 e. The SMILES string of the molecule is CCOc1cc(C2CCC(c3ccc(S(C)(=O)=O)cc3)C2)c2c3cn[nH]c3nn2c1. The quantitative estimate of drug-likeness (QED) is 0.522. The van der Waals surface area contributed by atoms with Gasteiger partial charge in [-0.25, -0.2) is 12.9 Å². The molecule has 1 aliphatic carbocycles. The van der Waals surface area contributed by atoms with Crippen molar-refractivity contribution in [1.82, 2.24) is 19.8 Å². The van der Waals surface area contributed by atoms with Gasteiger partial charge in [0.2, 0.25) is 0 Å². The van der Waals surface area contributed by atoms with E-state index in [-0.39, 0.29) is 0 Å². The van der Waals surface area contributed by atoms with Gasteiger partial charge in [-0.15, -0.1) is 5.10 Å². The Morgan fingerprint density at radius 1 is 1.20 bits per heavy atom. The Balaban J connectivity index is 1.50. The van der Waals surface area contributed by atoms with Crippen molar-refractivity contribution in [2.24, 2.45) is 0 Å². The van der Waals surface area contributed by atoms with Crippen molar-refractivity contribution in [3.63, 3.8) is 0 Å². The van der Waals surface area contributed by atoms with Gasteiger partial charge in [0.05, 0.1) is 34.8 Å². The molecule has 156 valence electrons. The molecule has 4 aromatic rings. The van der Waals surface area contributed by atoms with E-state index in [4.69, 9.17) is 4.74 Å². The first-order chi connectivity index (χ1) is 14.4. The van der Waals surface area contributed by atoms with Gasteiger partial charge in [-0.2, -0.15) is 5.10 Å². The van der Waals surface area contributed by atoms with Crippen LogP contribution in [0.4, 0.5) is 0 Å². The van der Waals surface area contributed by atoms with Crippen molar-refractivity contribution in [2.45, 2.75) is 42.9 Å². The first kappa shape index (κ1) is 19.1. The van der Waals surface area contributed by atoms with Crippen LogP contribution in [-0.4, -0.2) is 41.1 Å². The molecule has 0 radical (unpaired) electrons. The van der Waals surface area contributed by atoms with Crippen LogP contribution in [0.3, 0.4) is 0 Å². The Morgan fingerprint density at radius 3 is 2.70 bits per heavy atom. The van der Waals surface area contributed by atoms with Crippen LogP contribution in [0.1, 0.15) is 49.1 Å². The molecule has 1 N–H and O–H groups in total. The van der Waals surface area contributed by atoms with Gasteiger partial charge >= 0.3 is 0 Å². The zero-order chi connectivity index (χ0) is 20.9. The van der Waals surface area contributed by atoms with Gasteiger partial charge in [-0.05, 0) is 67.3 Å². The predicted molar refractivity (Wildman–Crippen MR) is 115 cm³/mol.